The third kappa shape index (κ3) is 5.33. The van der Waals surface area contributed by atoms with Gasteiger partial charge in [-0.25, -0.2) is 12.7 Å². The molecule has 0 amide bonds. The quantitative estimate of drug-likeness (QED) is 0.755. The highest BCUT2D eigenvalue weighted by Crippen LogP contribution is 2.23. The van der Waals surface area contributed by atoms with Crippen molar-refractivity contribution in [2.24, 2.45) is 0 Å². The van der Waals surface area contributed by atoms with E-state index in [0.29, 0.717) is 15.1 Å². The monoisotopic (exact) mass is 308 g/mol. The van der Waals surface area contributed by atoms with E-state index in [2.05, 4.69) is 0 Å². The lowest BCUT2D eigenvalue weighted by atomic mass is 10.3. The van der Waals surface area contributed by atoms with Gasteiger partial charge in [0.25, 0.3) is 0 Å². The Kier molecular flexibility index (Phi) is 6.02. The standard InChI is InChI=1S/C11H16ClNO5S/c1-2-13(19(15,16)17)7-9(14)8-18-11-6-4-3-5-10(11)12/h3-6,9,14H,2,7-8H2,1H3,(H,15,16,17)/p-1. The molecular formula is C11H15ClNO5S-. The second kappa shape index (κ2) is 7.06. The molecule has 0 spiro atoms. The summed E-state index contributed by atoms with van der Waals surface area (Å²) in [6.45, 7) is 1.04. The Morgan fingerprint density at radius 1 is 1.47 bits per heavy atom. The molecule has 6 nitrogen and oxygen atoms in total. The van der Waals surface area contributed by atoms with Crippen LogP contribution in [0.2, 0.25) is 5.02 Å². The minimum absolute atomic E-state index is 0.00497. The fourth-order valence-corrected chi connectivity index (χ4v) is 2.28. The maximum atomic E-state index is 10.8. The number of aliphatic hydroxyl groups excluding tert-OH is 1. The van der Waals surface area contributed by atoms with Crippen LogP contribution in [0.1, 0.15) is 6.92 Å². The number of benzene rings is 1. The third-order valence-corrected chi connectivity index (χ3v) is 3.70. The minimum atomic E-state index is -4.56. The lowest BCUT2D eigenvalue weighted by Gasteiger charge is -2.25. The van der Waals surface area contributed by atoms with E-state index in [-0.39, 0.29) is 19.7 Å². The van der Waals surface area contributed by atoms with Crippen LogP contribution in [0.4, 0.5) is 0 Å². The normalized spacial score (nSPS) is 13.5. The first-order valence-electron chi connectivity index (χ1n) is 5.61. The molecular weight excluding hydrogens is 294 g/mol. The summed E-state index contributed by atoms with van der Waals surface area (Å²) in [5, 5.41) is 10.0. The van der Waals surface area contributed by atoms with E-state index in [9.17, 15) is 18.1 Å². The van der Waals surface area contributed by atoms with Gasteiger partial charge in [-0.15, -0.1) is 0 Å². The molecule has 108 valence electrons. The van der Waals surface area contributed by atoms with Crippen LogP contribution in [0.3, 0.4) is 0 Å². The minimum Gasteiger partial charge on any atom is -0.735 e. The summed E-state index contributed by atoms with van der Waals surface area (Å²) >= 11 is 5.85. The second-order valence-corrected chi connectivity index (χ2v) is 5.58. The predicted octanol–water partition coefficient (Wildman–Crippen LogP) is 0.862. The summed E-state index contributed by atoms with van der Waals surface area (Å²) < 4.78 is 38.4. The average molecular weight is 309 g/mol. The number of rotatable bonds is 7. The van der Waals surface area contributed by atoms with Crippen molar-refractivity contribution in [2.45, 2.75) is 13.0 Å². The molecule has 1 unspecified atom stereocenters. The van der Waals surface area contributed by atoms with Gasteiger partial charge in [0.1, 0.15) is 18.5 Å². The third-order valence-electron chi connectivity index (χ3n) is 2.35. The van der Waals surface area contributed by atoms with Gasteiger partial charge in [0.05, 0.1) is 5.02 Å². The molecule has 1 rings (SSSR count). The zero-order chi connectivity index (χ0) is 14.5. The maximum Gasteiger partial charge on any atom is 0.162 e. The van der Waals surface area contributed by atoms with Gasteiger partial charge in [-0.1, -0.05) is 30.7 Å². The predicted molar refractivity (Wildman–Crippen MR) is 69.9 cm³/mol. The zero-order valence-electron chi connectivity index (χ0n) is 10.3. The van der Waals surface area contributed by atoms with Crippen LogP contribution >= 0.6 is 11.6 Å². The maximum absolute atomic E-state index is 10.8. The highest BCUT2D eigenvalue weighted by atomic mass is 35.5. The lowest BCUT2D eigenvalue weighted by Crippen LogP contribution is -2.39. The largest absolute Gasteiger partial charge is 0.735 e. The fourth-order valence-electron chi connectivity index (χ4n) is 1.41. The summed E-state index contributed by atoms with van der Waals surface area (Å²) in [6.07, 6.45) is -1.11. The molecule has 19 heavy (non-hydrogen) atoms. The van der Waals surface area contributed by atoms with Gasteiger partial charge in [0.2, 0.25) is 0 Å². The molecule has 0 aliphatic heterocycles. The Balaban J connectivity index is 2.52. The fraction of sp³-hybridized carbons (Fsp3) is 0.455. The van der Waals surface area contributed by atoms with Gasteiger partial charge in [0, 0.05) is 13.1 Å². The Bertz CT molecular complexity index is 508. The van der Waals surface area contributed by atoms with Gasteiger partial charge in [-0.3, -0.25) is 0 Å². The van der Waals surface area contributed by atoms with E-state index in [4.69, 9.17) is 16.3 Å². The van der Waals surface area contributed by atoms with Crippen molar-refractivity contribution >= 4 is 21.9 Å². The van der Waals surface area contributed by atoms with Crippen LogP contribution in [0, 0.1) is 0 Å². The molecule has 0 aliphatic rings. The van der Waals surface area contributed by atoms with Gasteiger partial charge < -0.3 is 14.4 Å². The Hall–Kier alpha value is -0.860. The Labute approximate surface area is 117 Å². The highest BCUT2D eigenvalue weighted by Gasteiger charge is 2.16. The molecule has 1 atom stereocenters. The molecule has 0 saturated carbocycles. The number of ether oxygens (including phenoxy) is 1. The molecule has 0 aliphatic carbocycles. The van der Waals surface area contributed by atoms with Crippen LogP contribution in [0.25, 0.3) is 0 Å². The second-order valence-electron chi connectivity index (χ2n) is 3.80. The van der Waals surface area contributed by atoms with E-state index in [1.807, 2.05) is 0 Å². The summed E-state index contributed by atoms with van der Waals surface area (Å²) in [5.41, 5.74) is 0. The number of likely N-dealkylation sites (N-methyl/N-ethyl adjacent to an activating group) is 1. The van der Waals surface area contributed by atoms with Crippen molar-refractivity contribution in [2.75, 3.05) is 19.7 Å². The van der Waals surface area contributed by atoms with Crippen molar-refractivity contribution < 1.29 is 22.8 Å². The number of hydrogen-bond donors (Lipinski definition) is 1. The van der Waals surface area contributed by atoms with E-state index >= 15 is 0 Å². The average Bonchev–Trinajstić information content (AvgIpc) is 2.33. The lowest BCUT2D eigenvalue weighted by molar-refractivity contribution is 0.0880. The summed E-state index contributed by atoms with van der Waals surface area (Å²) in [5.74, 6) is 0.385. The van der Waals surface area contributed by atoms with Crippen LogP contribution in [0.5, 0.6) is 5.75 Å². The van der Waals surface area contributed by atoms with Gasteiger partial charge in [-0.2, -0.15) is 0 Å². The molecule has 1 aromatic carbocycles. The first kappa shape index (κ1) is 16.2. The summed E-state index contributed by atoms with van der Waals surface area (Å²) in [4.78, 5) is 0. The smallest absolute Gasteiger partial charge is 0.162 e. The number of nitrogens with zero attached hydrogens (tertiary/aromatic N) is 1. The Morgan fingerprint density at radius 3 is 2.63 bits per heavy atom. The van der Waals surface area contributed by atoms with Gasteiger partial charge in [0.15, 0.2) is 10.3 Å². The van der Waals surface area contributed by atoms with Crippen LogP contribution in [-0.2, 0) is 10.3 Å². The van der Waals surface area contributed by atoms with Crippen molar-refractivity contribution in [1.29, 1.82) is 0 Å². The highest BCUT2D eigenvalue weighted by molar-refractivity contribution is 7.83. The van der Waals surface area contributed by atoms with Crippen molar-refractivity contribution in [3.05, 3.63) is 29.3 Å². The molecule has 0 saturated heterocycles. The first-order chi connectivity index (χ1) is 8.84. The van der Waals surface area contributed by atoms with E-state index in [1.165, 1.54) is 6.92 Å². The molecule has 0 heterocycles. The molecule has 0 radical (unpaired) electrons. The van der Waals surface area contributed by atoms with Crippen LogP contribution in [0.15, 0.2) is 24.3 Å². The molecule has 1 aromatic rings. The van der Waals surface area contributed by atoms with E-state index in [0.717, 1.165) is 0 Å². The first-order valence-corrected chi connectivity index (χ1v) is 7.35. The number of hydrogen-bond acceptors (Lipinski definition) is 5. The van der Waals surface area contributed by atoms with Crippen LogP contribution < -0.4 is 4.74 Å². The van der Waals surface area contributed by atoms with Gasteiger partial charge >= 0.3 is 0 Å². The molecule has 0 aromatic heterocycles. The van der Waals surface area contributed by atoms with Crippen molar-refractivity contribution in [1.82, 2.24) is 4.31 Å². The number of aliphatic hydroxyl groups is 1. The molecule has 1 N–H and O–H groups in total. The van der Waals surface area contributed by atoms with Crippen molar-refractivity contribution in [3.63, 3.8) is 0 Å². The van der Waals surface area contributed by atoms with Gasteiger partial charge in [-0.05, 0) is 12.1 Å². The zero-order valence-corrected chi connectivity index (χ0v) is 11.9. The molecule has 0 bridgehead atoms. The van der Waals surface area contributed by atoms with Crippen LogP contribution in [-0.4, -0.2) is 48.2 Å². The SMILES string of the molecule is CCN(CC(O)COc1ccccc1Cl)S(=O)(=O)[O-]. The Morgan fingerprint density at radius 2 is 2.11 bits per heavy atom. The van der Waals surface area contributed by atoms with Crippen molar-refractivity contribution in [3.8, 4) is 5.75 Å². The molecule has 8 heteroatoms. The summed E-state index contributed by atoms with van der Waals surface area (Å²) in [7, 11) is -4.56. The van der Waals surface area contributed by atoms with E-state index < -0.39 is 16.4 Å². The topological polar surface area (TPSA) is 89.9 Å². The van der Waals surface area contributed by atoms with E-state index in [1.54, 1.807) is 24.3 Å². The number of halogens is 1. The molecule has 0 fully saturated rings. The number of para-hydroxylation sites is 1. The summed E-state index contributed by atoms with van der Waals surface area (Å²) in [6, 6.07) is 6.70.